The maximum absolute atomic E-state index is 5.37. The summed E-state index contributed by atoms with van der Waals surface area (Å²) in [6.07, 6.45) is 4.10. The number of thiazole rings is 1. The molecule has 1 aliphatic heterocycles. The topological polar surface area (TPSA) is 63.2 Å². The molecule has 1 N–H and O–H groups in total. The normalized spacial score (nSPS) is 15.6. The lowest BCUT2D eigenvalue weighted by Gasteiger charge is -2.27. The molecular formula is C28H31N5OS. The Morgan fingerprint density at radius 2 is 1.74 bits per heavy atom. The fourth-order valence-corrected chi connectivity index (χ4v) is 5.69. The standard InChI is InChI=1S/C28H31N5OS/c1-19(20-7-5-4-6-8-20)30-28-29-16-13-24(31-28)26-25(21-9-11-23(34-3)12-10-21)32-27(35-26)22-14-17-33(2)18-15-22/h4-13,16,19,22H,14-15,17-18H2,1-3H3,(H,29,30,31)/t19-/m0/s1. The van der Waals surface area contributed by atoms with Gasteiger partial charge in [0.15, 0.2) is 0 Å². The highest BCUT2D eigenvalue weighted by molar-refractivity contribution is 7.15. The Morgan fingerprint density at radius 3 is 2.46 bits per heavy atom. The van der Waals surface area contributed by atoms with Crippen molar-refractivity contribution in [1.82, 2.24) is 19.9 Å². The lowest BCUT2D eigenvalue weighted by molar-refractivity contribution is 0.255. The molecule has 6 nitrogen and oxygen atoms in total. The molecule has 2 aromatic heterocycles. The predicted octanol–water partition coefficient (Wildman–Crippen LogP) is 6.26. The molecule has 1 aliphatic rings. The summed E-state index contributed by atoms with van der Waals surface area (Å²) in [5.74, 6) is 1.94. The predicted molar refractivity (Wildman–Crippen MR) is 143 cm³/mol. The first-order valence-corrected chi connectivity index (χ1v) is 12.9. The number of hydrogen-bond donors (Lipinski definition) is 1. The van der Waals surface area contributed by atoms with E-state index in [-0.39, 0.29) is 6.04 Å². The van der Waals surface area contributed by atoms with Crippen molar-refractivity contribution in [2.24, 2.45) is 0 Å². The third kappa shape index (κ3) is 5.36. The SMILES string of the molecule is COc1ccc(-c2nc(C3CCN(C)CC3)sc2-c2ccnc(N[C@@H](C)c3ccccc3)n2)cc1. The average Bonchev–Trinajstić information content (AvgIpc) is 3.35. The largest absolute Gasteiger partial charge is 0.497 e. The Balaban J connectivity index is 1.49. The van der Waals surface area contributed by atoms with Gasteiger partial charge in [-0.1, -0.05) is 30.3 Å². The third-order valence-electron chi connectivity index (χ3n) is 6.61. The monoisotopic (exact) mass is 485 g/mol. The van der Waals surface area contributed by atoms with Crippen molar-refractivity contribution in [3.63, 3.8) is 0 Å². The summed E-state index contributed by atoms with van der Waals surface area (Å²) in [7, 11) is 3.88. The molecule has 3 heterocycles. The number of nitrogens with one attached hydrogen (secondary N) is 1. The van der Waals surface area contributed by atoms with Gasteiger partial charge in [0.25, 0.3) is 0 Å². The molecule has 0 unspecified atom stereocenters. The van der Waals surface area contributed by atoms with Crippen molar-refractivity contribution >= 4 is 17.3 Å². The molecule has 5 rings (SSSR count). The average molecular weight is 486 g/mol. The number of nitrogens with zero attached hydrogens (tertiary/aromatic N) is 4. The van der Waals surface area contributed by atoms with Gasteiger partial charge in [0.1, 0.15) is 5.75 Å². The van der Waals surface area contributed by atoms with Gasteiger partial charge in [0.2, 0.25) is 5.95 Å². The lowest BCUT2D eigenvalue weighted by atomic mass is 9.98. The number of ether oxygens (including phenoxy) is 1. The number of hydrogen-bond acceptors (Lipinski definition) is 7. The number of rotatable bonds is 7. The van der Waals surface area contributed by atoms with Crippen molar-refractivity contribution in [3.8, 4) is 27.6 Å². The van der Waals surface area contributed by atoms with Gasteiger partial charge in [-0.05, 0) is 75.8 Å². The van der Waals surface area contributed by atoms with E-state index in [4.69, 9.17) is 14.7 Å². The van der Waals surface area contributed by atoms with Crippen LogP contribution in [0.1, 0.15) is 42.3 Å². The van der Waals surface area contributed by atoms with Crippen LogP contribution in [0.2, 0.25) is 0 Å². The maximum Gasteiger partial charge on any atom is 0.223 e. The van der Waals surface area contributed by atoms with Crippen LogP contribution in [0.25, 0.3) is 21.8 Å². The highest BCUT2D eigenvalue weighted by Crippen LogP contribution is 2.41. The highest BCUT2D eigenvalue weighted by Gasteiger charge is 2.25. The zero-order valence-corrected chi connectivity index (χ0v) is 21.3. The number of anilines is 1. The molecule has 0 amide bonds. The quantitative estimate of drug-likeness (QED) is 0.333. The van der Waals surface area contributed by atoms with Crippen molar-refractivity contribution in [3.05, 3.63) is 77.4 Å². The van der Waals surface area contributed by atoms with Gasteiger partial charge < -0.3 is 15.0 Å². The first-order valence-electron chi connectivity index (χ1n) is 12.1. The smallest absolute Gasteiger partial charge is 0.223 e. The van der Waals surface area contributed by atoms with Crippen LogP contribution in [0, 0.1) is 0 Å². The van der Waals surface area contributed by atoms with Crippen LogP contribution in [0.5, 0.6) is 5.75 Å². The van der Waals surface area contributed by atoms with Crippen LogP contribution in [0.4, 0.5) is 5.95 Å². The molecular weight excluding hydrogens is 454 g/mol. The minimum Gasteiger partial charge on any atom is -0.497 e. The van der Waals surface area contributed by atoms with Crippen molar-refractivity contribution in [2.45, 2.75) is 31.7 Å². The van der Waals surface area contributed by atoms with Crippen LogP contribution in [0.3, 0.4) is 0 Å². The minimum absolute atomic E-state index is 0.101. The molecule has 0 bridgehead atoms. The molecule has 0 spiro atoms. The molecule has 1 fully saturated rings. The summed E-state index contributed by atoms with van der Waals surface area (Å²) in [4.78, 5) is 18.1. The van der Waals surface area contributed by atoms with Crippen molar-refractivity contribution in [1.29, 1.82) is 0 Å². The molecule has 180 valence electrons. The highest BCUT2D eigenvalue weighted by atomic mass is 32.1. The lowest BCUT2D eigenvalue weighted by Crippen LogP contribution is -2.29. The number of piperidine rings is 1. The fourth-order valence-electron chi connectivity index (χ4n) is 4.46. The first kappa shape index (κ1) is 23.5. The Morgan fingerprint density at radius 1 is 1.00 bits per heavy atom. The van der Waals surface area contributed by atoms with Gasteiger partial charge in [0, 0.05) is 17.7 Å². The van der Waals surface area contributed by atoms with Gasteiger partial charge >= 0.3 is 0 Å². The van der Waals surface area contributed by atoms with Crippen molar-refractivity contribution in [2.75, 3.05) is 32.6 Å². The molecule has 1 saturated heterocycles. The van der Waals surface area contributed by atoms with E-state index >= 15 is 0 Å². The number of likely N-dealkylation sites (tertiary alicyclic amines) is 1. The van der Waals surface area contributed by atoms with Crippen LogP contribution in [-0.4, -0.2) is 47.1 Å². The van der Waals surface area contributed by atoms with Gasteiger partial charge in [-0.25, -0.2) is 15.0 Å². The van der Waals surface area contributed by atoms with Crippen LogP contribution >= 0.6 is 11.3 Å². The fraction of sp³-hybridized carbons (Fsp3) is 0.321. The second kappa shape index (κ2) is 10.5. The van der Waals surface area contributed by atoms with E-state index in [0.717, 1.165) is 53.5 Å². The van der Waals surface area contributed by atoms with E-state index in [1.165, 1.54) is 10.6 Å². The second-order valence-electron chi connectivity index (χ2n) is 9.08. The summed E-state index contributed by atoms with van der Waals surface area (Å²) in [6.45, 7) is 4.34. The van der Waals surface area contributed by atoms with Gasteiger partial charge in [0.05, 0.1) is 34.4 Å². The minimum atomic E-state index is 0.101. The molecule has 0 saturated carbocycles. The summed E-state index contributed by atoms with van der Waals surface area (Å²) in [5.41, 5.74) is 4.14. The third-order valence-corrected chi connectivity index (χ3v) is 7.85. The number of benzene rings is 2. The van der Waals surface area contributed by atoms with E-state index in [2.05, 4.69) is 53.4 Å². The van der Waals surface area contributed by atoms with Crippen LogP contribution < -0.4 is 10.1 Å². The molecule has 4 aromatic rings. The Kier molecular flexibility index (Phi) is 7.06. The number of methoxy groups -OCH3 is 1. The maximum atomic E-state index is 5.37. The molecule has 7 heteroatoms. The van der Waals surface area contributed by atoms with E-state index in [0.29, 0.717) is 11.9 Å². The zero-order valence-electron chi connectivity index (χ0n) is 20.4. The van der Waals surface area contributed by atoms with E-state index in [1.807, 2.05) is 42.6 Å². The summed E-state index contributed by atoms with van der Waals surface area (Å²) < 4.78 is 5.37. The van der Waals surface area contributed by atoms with E-state index < -0.39 is 0 Å². The van der Waals surface area contributed by atoms with Gasteiger partial charge in [-0.2, -0.15) is 0 Å². The van der Waals surface area contributed by atoms with Crippen molar-refractivity contribution < 1.29 is 4.74 Å². The summed E-state index contributed by atoms with van der Waals surface area (Å²) >= 11 is 1.77. The van der Waals surface area contributed by atoms with Crippen LogP contribution in [0.15, 0.2) is 66.9 Å². The Bertz CT molecular complexity index is 1250. The first-order chi connectivity index (χ1) is 17.1. The zero-order chi connectivity index (χ0) is 24.2. The number of aromatic nitrogens is 3. The molecule has 0 aliphatic carbocycles. The van der Waals surface area contributed by atoms with E-state index in [1.54, 1.807) is 18.4 Å². The molecule has 2 aromatic carbocycles. The van der Waals surface area contributed by atoms with Gasteiger partial charge in [-0.3, -0.25) is 0 Å². The van der Waals surface area contributed by atoms with Gasteiger partial charge in [-0.15, -0.1) is 11.3 Å². The molecule has 1 atom stereocenters. The summed E-state index contributed by atoms with van der Waals surface area (Å²) in [6, 6.07) is 20.6. The van der Waals surface area contributed by atoms with Crippen LogP contribution in [-0.2, 0) is 0 Å². The molecule has 0 radical (unpaired) electrons. The van der Waals surface area contributed by atoms with E-state index in [9.17, 15) is 0 Å². The second-order valence-corrected chi connectivity index (χ2v) is 10.1. The molecule has 35 heavy (non-hydrogen) atoms. The Hall–Kier alpha value is -3.29. The summed E-state index contributed by atoms with van der Waals surface area (Å²) in [5, 5.41) is 4.66. The Labute approximate surface area is 211 Å².